The highest BCUT2D eigenvalue weighted by molar-refractivity contribution is 5.36. The molecule has 0 aliphatic carbocycles. The molecule has 1 aromatic carbocycles. The van der Waals surface area contributed by atoms with E-state index < -0.39 is 0 Å². The quantitative estimate of drug-likeness (QED) is 0.941. The lowest BCUT2D eigenvalue weighted by Gasteiger charge is -2.23. The second-order valence-electron chi connectivity index (χ2n) is 6.05. The molecular formula is C17H23N3O. The monoisotopic (exact) mass is 285 g/mol. The van der Waals surface area contributed by atoms with E-state index in [-0.39, 0.29) is 11.7 Å². The molecule has 1 unspecified atom stereocenters. The summed E-state index contributed by atoms with van der Waals surface area (Å²) in [5.41, 5.74) is 2.27. The van der Waals surface area contributed by atoms with E-state index in [1.54, 1.807) is 9.13 Å². The molecule has 1 aliphatic heterocycles. The fraction of sp³-hybridized carbons (Fsp3) is 0.471. The molecule has 1 atom stereocenters. The van der Waals surface area contributed by atoms with Gasteiger partial charge in [-0.05, 0) is 50.9 Å². The van der Waals surface area contributed by atoms with Gasteiger partial charge in [0.05, 0.1) is 5.69 Å². The van der Waals surface area contributed by atoms with Crippen LogP contribution in [0.4, 0.5) is 0 Å². The Morgan fingerprint density at radius 3 is 2.48 bits per heavy atom. The largest absolute Gasteiger partial charge is 0.332 e. The van der Waals surface area contributed by atoms with Crippen molar-refractivity contribution in [2.45, 2.75) is 45.2 Å². The molecule has 112 valence electrons. The smallest absolute Gasteiger partial charge is 0.310 e. The van der Waals surface area contributed by atoms with Crippen molar-refractivity contribution in [3.05, 3.63) is 52.7 Å². The van der Waals surface area contributed by atoms with E-state index in [1.807, 2.05) is 38.4 Å². The summed E-state index contributed by atoms with van der Waals surface area (Å²) in [6.07, 6.45) is 7.45. The number of aromatic nitrogens is 2. The summed E-state index contributed by atoms with van der Waals surface area (Å²) in [6.45, 7) is 5.14. The van der Waals surface area contributed by atoms with E-state index in [9.17, 15) is 4.79 Å². The number of benzene rings is 1. The molecule has 0 bridgehead atoms. The summed E-state index contributed by atoms with van der Waals surface area (Å²) < 4.78 is 3.45. The van der Waals surface area contributed by atoms with Crippen LogP contribution in [0.25, 0.3) is 5.69 Å². The number of hydrogen-bond acceptors (Lipinski definition) is 2. The lowest BCUT2D eigenvalue weighted by molar-refractivity contribution is 0.412. The first-order valence-corrected chi connectivity index (χ1v) is 7.80. The molecular weight excluding hydrogens is 262 g/mol. The van der Waals surface area contributed by atoms with Gasteiger partial charge in [-0.2, -0.15) is 0 Å². The molecule has 0 amide bonds. The van der Waals surface area contributed by atoms with Crippen molar-refractivity contribution in [1.82, 2.24) is 14.5 Å². The van der Waals surface area contributed by atoms with Gasteiger partial charge in [-0.1, -0.05) is 18.6 Å². The second-order valence-corrected chi connectivity index (χ2v) is 6.05. The zero-order valence-electron chi connectivity index (χ0n) is 12.7. The van der Waals surface area contributed by atoms with Gasteiger partial charge >= 0.3 is 5.69 Å². The van der Waals surface area contributed by atoms with E-state index in [0.29, 0.717) is 6.04 Å². The van der Waals surface area contributed by atoms with Crippen molar-refractivity contribution in [2.75, 3.05) is 6.54 Å². The Labute approximate surface area is 125 Å². The molecule has 3 rings (SSSR count). The predicted molar refractivity (Wildman–Crippen MR) is 85.0 cm³/mol. The predicted octanol–water partition coefficient (Wildman–Crippen LogP) is 3.03. The first kappa shape index (κ1) is 14.1. The molecule has 1 fully saturated rings. The van der Waals surface area contributed by atoms with Gasteiger partial charge in [0, 0.05) is 24.5 Å². The number of nitrogens with one attached hydrogen (secondary N) is 1. The number of imidazole rings is 1. The fourth-order valence-corrected chi connectivity index (χ4v) is 2.98. The average molecular weight is 285 g/mol. The number of hydrogen-bond donors (Lipinski definition) is 1. The number of piperidine rings is 1. The van der Waals surface area contributed by atoms with Gasteiger partial charge in [0.2, 0.25) is 0 Å². The van der Waals surface area contributed by atoms with E-state index in [2.05, 4.69) is 17.4 Å². The SMILES string of the molecule is CC(C)n1ccn(-c2ccc(C3CCCCN3)cc2)c1=O. The third kappa shape index (κ3) is 2.81. The van der Waals surface area contributed by atoms with Crippen LogP contribution < -0.4 is 11.0 Å². The zero-order valence-corrected chi connectivity index (χ0v) is 12.7. The maximum absolute atomic E-state index is 12.3. The third-order valence-electron chi connectivity index (χ3n) is 4.24. The van der Waals surface area contributed by atoms with E-state index >= 15 is 0 Å². The van der Waals surface area contributed by atoms with Crippen molar-refractivity contribution >= 4 is 0 Å². The van der Waals surface area contributed by atoms with Crippen LogP contribution in [-0.2, 0) is 0 Å². The molecule has 4 nitrogen and oxygen atoms in total. The average Bonchev–Trinajstić information content (AvgIpc) is 2.90. The van der Waals surface area contributed by atoms with Crippen LogP contribution in [0, 0.1) is 0 Å². The van der Waals surface area contributed by atoms with Gasteiger partial charge in [0.25, 0.3) is 0 Å². The molecule has 1 aliphatic rings. The highest BCUT2D eigenvalue weighted by Crippen LogP contribution is 2.23. The zero-order chi connectivity index (χ0) is 14.8. The lowest BCUT2D eigenvalue weighted by atomic mass is 9.97. The summed E-state index contributed by atoms with van der Waals surface area (Å²) in [4.78, 5) is 12.3. The summed E-state index contributed by atoms with van der Waals surface area (Å²) in [6, 6.07) is 9.00. The summed E-state index contributed by atoms with van der Waals surface area (Å²) in [5, 5.41) is 3.55. The summed E-state index contributed by atoms with van der Waals surface area (Å²) >= 11 is 0. The molecule has 1 N–H and O–H groups in total. The Morgan fingerprint density at radius 2 is 1.90 bits per heavy atom. The Bertz CT molecular complexity index is 645. The third-order valence-corrected chi connectivity index (χ3v) is 4.24. The van der Waals surface area contributed by atoms with Gasteiger partial charge in [0.15, 0.2) is 0 Å². The maximum atomic E-state index is 12.3. The minimum Gasteiger partial charge on any atom is -0.310 e. The van der Waals surface area contributed by atoms with E-state index in [0.717, 1.165) is 12.2 Å². The van der Waals surface area contributed by atoms with Crippen molar-refractivity contribution in [3.63, 3.8) is 0 Å². The van der Waals surface area contributed by atoms with Gasteiger partial charge in [-0.25, -0.2) is 4.79 Å². The normalized spacial score (nSPS) is 19.1. The van der Waals surface area contributed by atoms with Gasteiger partial charge in [-0.15, -0.1) is 0 Å². The highest BCUT2D eigenvalue weighted by atomic mass is 16.1. The highest BCUT2D eigenvalue weighted by Gasteiger charge is 2.14. The lowest BCUT2D eigenvalue weighted by Crippen LogP contribution is -2.27. The maximum Gasteiger partial charge on any atom is 0.332 e. The summed E-state index contributed by atoms with van der Waals surface area (Å²) in [5.74, 6) is 0. The Morgan fingerprint density at radius 1 is 1.14 bits per heavy atom. The Kier molecular flexibility index (Phi) is 3.97. The van der Waals surface area contributed by atoms with Crippen LogP contribution >= 0.6 is 0 Å². The summed E-state index contributed by atoms with van der Waals surface area (Å²) in [7, 11) is 0. The van der Waals surface area contributed by atoms with E-state index in [1.165, 1.54) is 24.8 Å². The Balaban J connectivity index is 1.85. The van der Waals surface area contributed by atoms with Gasteiger partial charge < -0.3 is 5.32 Å². The Hall–Kier alpha value is -1.81. The number of nitrogens with zero attached hydrogens (tertiary/aromatic N) is 2. The molecule has 1 aromatic heterocycles. The molecule has 2 aromatic rings. The standard InChI is InChI=1S/C17H23N3O/c1-13(2)19-11-12-20(17(19)21)15-8-6-14(7-9-15)16-5-3-4-10-18-16/h6-9,11-13,16,18H,3-5,10H2,1-2H3. The van der Waals surface area contributed by atoms with Crippen molar-refractivity contribution in [1.29, 1.82) is 0 Å². The second kappa shape index (κ2) is 5.90. The topological polar surface area (TPSA) is 39.0 Å². The fourth-order valence-electron chi connectivity index (χ4n) is 2.98. The van der Waals surface area contributed by atoms with Crippen LogP contribution in [0.5, 0.6) is 0 Å². The first-order chi connectivity index (χ1) is 10.2. The molecule has 0 spiro atoms. The number of rotatable bonds is 3. The van der Waals surface area contributed by atoms with Gasteiger partial charge in [-0.3, -0.25) is 9.13 Å². The van der Waals surface area contributed by atoms with Crippen LogP contribution in [0.1, 0.15) is 50.8 Å². The molecule has 0 saturated carbocycles. The minimum absolute atomic E-state index is 0.0218. The van der Waals surface area contributed by atoms with E-state index in [4.69, 9.17) is 0 Å². The minimum atomic E-state index is 0.0218. The van der Waals surface area contributed by atoms with Crippen LogP contribution in [0.15, 0.2) is 41.5 Å². The van der Waals surface area contributed by atoms with Crippen LogP contribution in [0.3, 0.4) is 0 Å². The molecule has 0 radical (unpaired) electrons. The molecule has 21 heavy (non-hydrogen) atoms. The molecule has 4 heteroatoms. The molecule has 2 heterocycles. The van der Waals surface area contributed by atoms with Crippen LogP contribution in [0.2, 0.25) is 0 Å². The van der Waals surface area contributed by atoms with Crippen molar-refractivity contribution in [2.24, 2.45) is 0 Å². The van der Waals surface area contributed by atoms with Gasteiger partial charge in [0.1, 0.15) is 0 Å². The van der Waals surface area contributed by atoms with Crippen LogP contribution in [-0.4, -0.2) is 15.7 Å². The molecule has 1 saturated heterocycles. The first-order valence-electron chi connectivity index (χ1n) is 7.80. The van der Waals surface area contributed by atoms with Crippen molar-refractivity contribution < 1.29 is 0 Å². The van der Waals surface area contributed by atoms with Crippen molar-refractivity contribution in [3.8, 4) is 5.69 Å².